The van der Waals surface area contributed by atoms with E-state index in [1.165, 1.54) is 6.07 Å². The number of hydrogen-bond donors (Lipinski definition) is 2. The second kappa shape index (κ2) is 5.47. The fourth-order valence-electron chi connectivity index (χ4n) is 2.17. The normalized spacial score (nSPS) is 19.9. The number of benzene rings is 1. The van der Waals surface area contributed by atoms with Crippen LogP contribution in [-0.2, 0) is 10.0 Å². The summed E-state index contributed by atoms with van der Waals surface area (Å²) in [5.41, 5.74) is 0.114. The molecule has 110 valence electrons. The Labute approximate surface area is 116 Å². The van der Waals surface area contributed by atoms with Crippen LogP contribution in [0.15, 0.2) is 23.1 Å². The highest BCUT2D eigenvalue weighted by molar-refractivity contribution is 7.89. The number of piperazine rings is 1. The van der Waals surface area contributed by atoms with E-state index in [0.717, 1.165) is 12.1 Å². The first-order chi connectivity index (χ1) is 9.30. The van der Waals surface area contributed by atoms with E-state index in [1.54, 1.807) is 4.90 Å². The van der Waals surface area contributed by atoms with Gasteiger partial charge in [-0.25, -0.2) is 17.9 Å². The van der Waals surface area contributed by atoms with Gasteiger partial charge < -0.3 is 10.2 Å². The Hall–Kier alpha value is -1.51. The Morgan fingerprint density at radius 2 is 2.20 bits per heavy atom. The molecule has 1 aromatic carbocycles. The van der Waals surface area contributed by atoms with Gasteiger partial charge in [0, 0.05) is 31.2 Å². The number of carbonyl (C=O) groups is 1. The van der Waals surface area contributed by atoms with Gasteiger partial charge in [-0.05, 0) is 25.1 Å². The second-order valence-corrected chi connectivity index (χ2v) is 6.27. The Morgan fingerprint density at radius 3 is 2.75 bits per heavy atom. The number of sulfonamides is 1. The summed E-state index contributed by atoms with van der Waals surface area (Å²) in [4.78, 5) is 13.3. The Balaban J connectivity index is 2.30. The molecule has 20 heavy (non-hydrogen) atoms. The van der Waals surface area contributed by atoms with Crippen LogP contribution in [0, 0.1) is 5.82 Å². The summed E-state index contributed by atoms with van der Waals surface area (Å²) < 4.78 is 36.0. The Bertz CT molecular complexity index is 633. The van der Waals surface area contributed by atoms with E-state index in [9.17, 15) is 17.6 Å². The molecular weight excluding hydrogens is 285 g/mol. The molecule has 8 heteroatoms. The van der Waals surface area contributed by atoms with Gasteiger partial charge >= 0.3 is 0 Å². The number of halogens is 1. The fourth-order valence-corrected chi connectivity index (χ4v) is 2.76. The minimum Gasteiger partial charge on any atom is -0.333 e. The molecule has 0 aliphatic carbocycles. The maximum atomic E-state index is 13.7. The number of hydrogen-bond acceptors (Lipinski definition) is 4. The largest absolute Gasteiger partial charge is 0.333 e. The predicted octanol–water partition coefficient (Wildman–Crippen LogP) is -0.0930. The summed E-state index contributed by atoms with van der Waals surface area (Å²) in [5.74, 6) is -1.33. The molecule has 1 aliphatic heterocycles. The highest BCUT2D eigenvalue weighted by Gasteiger charge is 2.25. The molecule has 0 saturated carbocycles. The number of primary sulfonamides is 1. The van der Waals surface area contributed by atoms with Crippen molar-refractivity contribution < 1.29 is 17.6 Å². The second-order valence-electron chi connectivity index (χ2n) is 4.74. The number of rotatable bonds is 2. The van der Waals surface area contributed by atoms with E-state index in [4.69, 9.17) is 5.14 Å². The number of amides is 1. The van der Waals surface area contributed by atoms with Crippen LogP contribution in [0.4, 0.5) is 4.39 Å². The Morgan fingerprint density at radius 1 is 1.50 bits per heavy atom. The standard InChI is InChI=1S/C12H16FN3O3S/c1-8-7-15-4-5-16(8)12(17)9-2-3-11(10(13)6-9)20(14,18)19/h2-3,6,8,15H,4-5,7H2,1H3,(H2,14,18,19)/t8-/m0/s1. The summed E-state index contributed by atoms with van der Waals surface area (Å²) in [6, 6.07) is 3.21. The molecule has 0 spiro atoms. The average molecular weight is 301 g/mol. The highest BCUT2D eigenvalue weighted by atomic mass is 32.2. The zero-order valence-electron chi connectivity index (χ0n) is 11.0. The molecule has 3 N–H and O–H groups in total. The summed E-state index contributed by atoms with van der Waals surface area (Å²) in [6.07, 6.45) is 0. The lowest BCUT2D eigenvalue weighted by Crippen LogP contribution is -2.52. The van der Waals surface area contributed by atoms with Crippen molar-refractivity contribution in [2.75, 3.05) is 19.6 Å². The molecule has 1 atom stereocenters. The van der Waals surface area contributed by atoms with Crippen molar-refractivity contribution in [3.63, 3.8) is 0 Å². The van der Waals surface area contributed by atoms with Crippen molar-refractivity contribution in [2.45, 2.75) is 17.9 Å². The quantitative estimate of drug-likeness (QED) is 0.798. The monoisotopic (exact) mass is 301 g/mol. The van der Waals surface area contributed by atoms with Crippen molar-refractivity contribution in [2.24, 2.45) is 5.14 Å². The summed E-state index contributed by atoms with van der Waals surface area (Å²) in [7, 11) is -4.12. The lowest BCUT2D eigenvalue weighted by molar-refractivity contribution is 0.0655. The van der Waals surface area contributed by atoms with Gasteiger partial charge in [-0.15, -0.1) is 0 Å². The fraction of sp³-hybridized carbons (Fsp3) is 0.417. The molecule has 0 aromatic heterocycles. The van der Waals surface area contributed by atoms with Crippen LogP contribution in [0.3, 0.4) is 0 Å². The van der Waals surface area contributed by atoms with Gasteiger partial charge in [0.15, 0.2) is 0 Å². The minimum atomic E-state index is -4.12. The molecule has 0 bridgehead atoms. The van der Waals surface area contributed by atoms with Gasteiger partial charge in [-0.3, -0.25) is 4.79 Å². The van der Waals surface area contributed by atoms with Crippen molar-refractivity contribution in [1.82, 2.24) is 10.2 Å². The topological polar surface area (TPSA) is 92.5 Å². The van der Waals surface area contributed by atoms with Gasteiger partial charge in [0.1, 0.15) is 10.7 Å². The first kappa shape index (κ1) is 14.9. The van der Waals surface area contributed by atoms with Gasteiger partial charge in [-0.1, -0.05) is 0 Å². The van der Waals surface area contributed by atoms with Gasteiger partial charge in [0.05, 0.1) is 0 Å². The third-order valence-electron chi connectivity index (χ3n) is 3.25. The third-order valence-corrected chi connectivity index (χ3v) is 4.19. The number of nitrogens with two attached hydrogens (primary N) is 1. The summed E-state index contributed by atoms with van der Waals surface area (Å²) in [6.45, 7) is 3.76. The van der Waals surface area contributed by atoms with E-state index in [2.05, 4.69) is 5.32 Å². The van der Waals surface area contributed by atoms with Crippen LogP contribution >= 0.6 is 0 Å². The van der Waals surface area contributed by atoms with E-state index < -0.39 is 20.7 Å². The van der Waals surface area contributed by atoms with Crippen molar-refractivity contribution in [1.29, 1.82) is 0 Å². The van der Waals surface area contributed by atoms with E-state index in [1.807, 2.05) is 6.92 Å². The molecular formula is C12H16FN3O3S. The summed E-state index contributed by atoms with van der Waals surface area (Å²) in [5, 5.41) is 8.02. The van der Waals surface area contributed by atoms with Crippen LogP contribution in [0.25, 0.3) is 0 Å². The summed E-state index contributed by atoms with van der Waals surface area (Å²) >= 11 is 0. The Kier molecular flexibility index (Phi) is 4.07. The third kappa shape index (κ3) is 2.97. The molecule has 6 nitrogen and oxygen atoms in total. The number of nitrogens with zero attached hydrogens (tertiary/aromatic N) is 1. The number of carbonyl (C=O) groups excluding carboxylic acids is 1. The van der Waals surface area contributed by atoms with Crippen LogP contribution in [-0.4, -0.2) is 44.9 Å². The van der Waals surface area contributed by atoms with E-state index in [0.29, 0.717) is 19.6 Å². The zero-order valence-corrected chi connectivity index (χ0v) is 11.8. The average Bonchev–Trinajstić information content (AvgIpc) is 2.37. The maximum absolute atomic E-state index is 13.7. The lowest BCUT2D eigenvalue weighted by Gasteiger charge is -2.34. The molecule has 1 fully saturated rings. The maximum Gasteiger partial charge on any atom is 0.254 e. The predicted molar refractivity (Wildman–Crippen MR) is 71.1 cm³/mol. The van der Waals surface area contributed by atoms with E-state index in [-0.39, 0.29) is 17.5 Å². The number of nitrogens with one attached hydrogen (secondary N) is 1. The molecule has 1 amide bonds. The van der Waals surface area contributed by atoms with Crippen molar-refractivity contribution >= 4 is 15.9 Å². The van der Waals surface area contributed by atoms with Gasteiger partial charge in [-0.2, -0.15) is 0 Å². The van der Waals surface area contributed by atoms with Crippen molar-refractivity contribution in [3.8, 4) is 0 Å². The SMILES string of the molecule is C[C@H]1CNCCN1C(=O)c1ccc(S(N)(=O)=O)c(F)c1. The van der Waals surface area contributed by atoms with Crippen LogP contribution in [0.5, 0.6) is 0 Å². The molecule has 0 unspecified atom stereocenters. The van der Waals surface area contributed by atoms with Crippen LogP contribution in [0.1, 0.15) is 17.3 Å². The first-order valence-electron chi connectivity index (χ1n) is 6.15. The van der Waals surface area contributed by atoms with Crippen LogP contribution < -0.4 is 10.5 Å². The molecule has 1 aromatic rings. The van der Waals surface area contributed by atoms with Gasteiger partial charge in [0.25, 0.3) is 5.91 Å². The zero-order chi connectivity index (χ0) is 14.9. The van der Waals surface area contributed by atoms with E-state index >= 15 is 0 Å². The molecule has 0 radical (unpaired) electrons. The van der Waals surface area contributed by atoms with Crippen molar-refractivity contribution in [3.05, 3.63) is 29.6 Å². The highest BCUT2D eigenvalue weighted by Crippen LogP contribution is 2.17. The smallest absolute Gasteiger partial charge is 0.254 e. The van der Waals surface area contributed by atoms with Gasteiger partial charge in [0.2, 0.25) is 10.0 Å². The lowest BCUT2D eigenvalue weighted by atomic mass is 10.1. The molecule has 1 saturated heterocycles. The van der Waals surface area contributed by atoms with Crippen LogP contribution in [0.2, 0.25) is 0 Å². The molecule has 2 rings (SSSR count). The molecule has 1 heterocycles. The first-order valence-corrected chi connectivity index (χ1v) is 7.69. The minimum absolute atomic E-state index is 0.00257. The molecule has 1 aliphatic rings.